The minimum atomic E-state index is 0.0166. The van der Waals surface area contributed by atoms with Gasteiger partial charge in [-0.25, -0.2) is 4.98 Å². The Morgan fingerprint density at radius 2 is 2.22 bits per heavy atom. The molecule has 0 aliphatic heterocycles. The summed E-state index contributed by atoms with van der Waals surface area (Å²) in [5, 5.41) is 5.62. The van der Waals surface area contributed by atoms with Gasteiger partial charge in [0, 0.05) is 35.8 Å². The Hall–Kier alpha value is -1.20. The predicted octanol–water partition coefficient (Wildman–Crippen LogP) is 2.47. The van der Waals surface area contributed by atoms with Crippen molar-refractivity contribution in [2.45, 2.75) is 46.2 Å². The molecule has 0 amide bonds. The third kappa shape index (κ3) is 2.79. The third-order valence-corrected chi connectivity index (χ3v) is 4.05. The maximum Gasteiger partial charge on any atom is 0.0897 e. The highest BCUT2D eigenvalue weighted by Gasteiger charge is 2.14. The minimum absolute atomic E-state index is 0.0166. The van der Waals surface area contributed by atoms with Gasteiger partial charge in [0.2, 0.25) is 0 Å². The first-order chi connectivity index (χ1) is 8.63. The summed E-state index contributed by atoms with van der Waals surface area (Å²) >= 11 is 1.68. The molecule has 0 bridgehead atoms. The molecular weight excluding hydrogens is 244 g/mol. The minimum Gasteiger partial charge on any atom is -0.323 e. The summed E-state index contributed by atoms with van der Waals surface area (Å²) in [5.74, 6) is 0. The maximum absolute atomic E-state index is 6.24. The molecule has 0 aliphatic rings. The van der Waals surface area contributed by atoms with Crippen LogP contribution in [0.15, 0.2) is 12.3 Å². The molecule has 2 heterocycles. The zero-order valence-electron chi connectivity index (χ0n) is 11.2. The van der Waals surface area contributed by atoms with Crippen molar-refractivity contribution in [3.8, 4) is 0 Å². The Morgan fingerprint density at radius 1 is 1.44 bits per heavy atom. The first-order valence-electron chi connectivity index (χ1n) is 6.37. The van der Waals surface area contributed by atoms with Crippen LogP contribution in [0.25, 0.3) is 0 Å². The fourth-order valence-corrected chi connectivity index (χ4v) is 2.79. The fourth-order valence-electron chi connectivity index (χ4n) is 2.00. The van der Waals surface area contributed by atoms with Crippen LogP contribution >= 0.6 is 11.3 Å². The van der Waals surface area contributed by atoms with Gasteiger partial charge in [-0.1, -0.05) is 6.92 Å². The number of nitrogens with two attached hydrogens (primary N) is 1. The Morgan fingerprint density at radius 3 is 2.78 bits per heavy atom. The highest BCUT2D eigenvalue weighted by Crippen LogP contribution is 2.22. The average Bonchev–Trinajstić information content (AvgIpc) is 2.95. The van der Waals surface area contributed by atoms with Gasteiger partial charge in [-0.3, -0.25) is 4.68 Å². The monoisotopic (exact) mass is 264 g/mol. The largest absolute Gasteiger partial charge is 0.323 e. The highest BCUT2D eigenvalue weighted by molar-refractivity contribution is 7.11. The van der Waals surface area contributed by atoms with Crippen LogP contribution in [0.3, 0.4) is 0 Å². The molecule has 0 spiro atoms. The van der Waals surface area contributed by atoms with E-state index in [1.165, 1.54) is 5.69 Å². The van der Waals surface area contributed by atoms with Gasteiger partial charge in [0.15, 0.2) is 0 Å². The second-order valence-electron chi connectivity index (χ2n) is 4.39. The second kappa shape index (κ2) is 5.63. The Kier molecular flexibility index (Phi) is 4.14. The van der Waals surface area contributed by atoms with Crippen molar-refractivity contribution in [2.24, 2.45) is 5.73 Å². The van der Waals surface area contributed by atoms with E-state index < -0.39 is 0 Å². The standard InChI is InChI=1S/C13H20N4S/c1-4-10-6-11(17(5-2)16-10)7-12(14)13-8-15-9(3)18-13/h6,8,12H,4-5,7,14H2,1-3H3. The molecule has 4 nitrogen and oxygen atoms in total. The van der Waals surface area contributed by atoms with E-state index in [1.54, 1.807) is 11.3 Å². The van der Waals surface area contributed by atoms with Gasteiger partial charge in [-0.15, -0.1) is 11.3 Å². The molecule has 98 valence electrons. The van der Waals surface area contributed by atoms with Gasteiger partial charge >= 0.3 is 0 Å². The van der Waals surface area contributed by atoms with Crippen LogP contribution in [0, 0.1) is 6.92 Å². The molecule has 0 aromatic carbocycles. The summed E-state index contributed by atoms with van der Waals surface area (Å²) in [4.78, 5) is 5.41. The lowest BCUT2D eigenvalue weighted by Crippen LogP contribution is -2.15. The smallest absolute Gasteiger partial charge is 0.0897 e. The number of hydrogen-bond donors (Lipinski definition) is 1. The molecule has 0 saturated carbocycles. The van der Waals surface area contributed by atoms with E-state index in [2.05, 4.69) is 30.0 Å². The van der Waals surface area contributed by atoms with Crippen LogP contribution in [0.1, 0.15) is 41.2 Å². The molecule has 2 aromatic rings. The van der Waals surface area contributed by atoms with E-state index in [0.717, 1.165) is 35.0 Å². The maximum atomic E-state index is 6.24. The van der Waals surface area contributed by atoms with E-state index in [0.29, 0.717) is 0 Å². The lowest BCUT2D eigenvalue weighted by atomic mass is 10.1. The molecular formula is C13H20N4S. The van der Waals surface area contributed by atoms with Gasteiger partial charge in [-0.05, 0) is 26.3 Å². The van der Waals surface area contributed by atoms with Crippen LogP contribution in [-0.2, 0) is 19.4 Å². The van der Waals surface area contributed by atoms with Gasteiger partial charge in [-0.2, -0.15) is 5.10 Å². The van der Waals surface area contributed by atoms with Crippen molar-refractivity contribution < 1.29 is 0 Å². The van der Waals surface area contributed by atoms with E-state index in [1.807, 2.05) is 17.8 Å². The summed E-state index contributed by atoms with van der Waals surface area (Å²) in [6.07, 6.45) is 3.68. The number of rotatable bonds is 5. The summed E-state index contributed by atoms with van der Waals surface area (Å²) in [6, 6.07) is 2.18. The third-order valence-electron chi connectivity index (χ3n) is 3.01. The van der Waals surface area contributed by atoms with E-state index >= 15 is 0 Å². The summed E-state index contributed by atoms with van der Waals surface area (Å²) < 4.78 is 2.05. The van der Waals surface area contributed by atoms with Crippen LogP contribution < -0.4 is 5.73 Å². The number of nitrogens with zero attached hydrogens (tertiary/aromatic N) is 3. The molecule has 0 saturated heterocycles. The lowest BCUT2D eigenvalue weighted by molar-refractivity contribution is 0.588. The van der Waals surface area contributed by atoms with Crippen molar-refractivity contribution in [2.75, 3.05) is 0 Å². The van der Waals surface area contributed by atoms with E-state index in [-0.39, 0.29) is 6.04 Å². The quantitative estimate of drug-likeness (QED) is 0.902. The van der Waals surface area contributed by atoms with Crippen molar-refractivity contribution >= 4 is 11.3 Å². The lowest BCUT2D eigenvalue weighted by Gasteiger charge is -2.10. The molecule has 1 unspecified atom stereocenters. The average molecular weight is 264 g/mol. The molecule has 18 heavy (non-hydrogen) atoms. The molecule has 2 N–H and O–H groups in total. The van der Waals surface area contributed by atoms with Crippen molar-refractivity contribution in [1.82, 2.24) is 14.8 Å². The molecule has 2 aromatic heterocycles. The number of aromatic nitrogens is 3. The van der Waals surface area contributed by atoms with Crippen LogP contribution in [-0.4, -0.2) is 14.8 Å². The molecule has 1 atom stereocenters. The van der Waals surface area contributed by atoms with Crippen molar-refractivity contribution in [3.63, 3.8) is 0 Å². The Labute approximate surface area is 112 Å². The Bertz CT molecular complexity index is 515. The zero-order valence-corrected chi connectivity index (χ0v) is 12.0. The zero-order chi connectivity index (χ0) is 13.1. The normalized spacial score (nSPS) is 12.9. The highest BCUT2D eigenvalue weighted by atomic mass is 32.1. The molecule has 0 aliphatic carbocycles. The summed E-state index contributed by atoms with van der Waals surface area (Å²) in [5.41, 5.74) is 8.60. The van der Waals surface area contributed by atoms with Crippen LogP contribution in [0.5, 0.6) is 0 Å². The van der Waals surface area contributed by atoms with Gasteiger partial charge < -0.3 is 5.73 Å². The van der Waals surface area contributed by atoms with Crippen LogP contribution in [0.2, 0.25) is 0 Å². The van der Waals surface area contributed by atoms with Gasteiger partial charge in [0.05, 0.1) is 10.7 Å². The first kappa shape index (κ1) is 13.2. The summed E-state index contributed by atoms with van der Waals surface area (Å²) in [7, 11) is 0. The molecule has 0 fully saturated rings. The van der Waals surface area contributed by atoms with Gasteiger partial charge in [0.25, 0.3) is 0 Å². The second-order valence-corrected chi connectivity index (χ2v) is 5.65. The fraction of sp³-hybridized carbons (Fsp3) is 0.538. The van der Waals surface area contributed by atoms with Crippen molar-refractivity contribution in [1.29, 1.82) is 0 Å². The number of hydrogen-bond acceptors (Lipinski definition) is 4. The van der Waals surface area contributed by atoms with Crippen molar-refractivity contribution in [3.05, 3.63) is 33.5 Å². The number of thiazole rings is 1. The number of aryl methyl sites for hydroxylation is 3. The topological polar surface area (TPSA) is 56.7 Å². The summed E-state index contributed by atoms with van der Waals surface area (Å²) in [6.45, 7) is 7.13. The SMILES string of the molecule is CCc1cc(CC(N)c2cnc(C)s2)n(CC)n1. The Balaban J connectivity index is 2.15. The first-order valence-corrected chi connectivity index (χ1v) is 7.19. The molecule has 0 radical (unpaired) electrons. The van der Waals surface area contributed by atoms with E-state index in [4.69, 9.17) is 5.73 Å². The van der Waals surface area contributed by atoms with E-state index in [9.17, 15) is 0 Å². The molecule has 5 heteroatoms. The predicted molar refractivity (Wildman–Crippen MR) is 74.8 cm³/mol. The molecule has 2 rings (SSSR count). The van der Waals surface area contributed by atoms with Crippen LogP contribution in [0.4, 0.5) is 0 Å². The van der Waals surface area contributed by atoms with Gasteiger partial charge in [0.1, 0.15) is 0 Å².